The molecule has 0 spiro atoms. The van der Waals surface area contributed by atoms with E-state index in [0.717, 1.165) is 0 Å². The Labute approximate surface area is 130 Å². The third-order valence-corrected chi connectivity index (χ3v) is 4.29. The summed E-state index contributed by atoms with van der Waals surface area (Å²) in [5.41, 5.74) is -0.573. The van der Waals surface area contributed by atoms with Gasteiger partial charge in [-0.2, -0.15) is 0 Å². The van der Waals surface area contributed by atoms with Gasteiger partial charge in [0.2, 0.25) is 0 Å². The molecule has 8 heteroatoms. The van der Waals surface area contributed by atoms with E-state index in [2.05, 4.69) is 15.6 Å². The SMILES string of the molecule is Cn1cc(C(=O)NCC(O)(c2ccoc2)c2cccs2)nn1. The van der Waals surface area contributed by atoms with Crippen LogP contribution in [0, 0.1) is 0 Å². The highest BCUT2D eigenvalue weighted by Crippen LogP contribution is 2.32. The number of aliphatic hydroxyl groups is 1. The number of furan rings is 1. The number of aryl methyl sites for hydroxylation is 1. The van der Waals surface area contributed by atoms with Crippen LogP contribution in [0.25, 0.3) is 0 Å². The molecule has 1 atom stereocenters. The maximum Gasteiger partial charge on any atom is 0.273 e. The smallest absolute Gasteiger partial charge is 0.273 e. The molecule has 1 unspecified atom stereocenters. The molecule has 0 bridgehead atoms. The molecule has 22 heavy (non-hydrogen) atoms. The fourth-order valence-electron chi connectivity index (χ4n) is 2.10. The van der Waals surface area contributed by atoms with Crippen molar-refractivity contribution in [3.05, 3.63) is 58.4 Å². The summed E-state index contributed by atoms with van der Waals surface area (Å²) in [6, 6.07) is 5.33. The zero-order chi connectivity index (χ0) is 15.6. The molecule has 0 saturated heterocycles. The van der Waals surface area contributed by atoms with Gasteiger partial charge in [-0.25, -0.2) is 0 Å². The van der Waals surface area contributed by atoms with Gasteiger partial charge in [-0.1, -0.05) is 11.3 Å². The maximum absolute atomic E-state index is 12.1. The molecule has 0 aromatic carbocycles. The zero-order valence-corrected chi connectivity index (χ0v) is 12.6. The van der Waals surface area contributed by atoms with Crippen LogP contribution in [0.5, 0.6) is 0 Å². The van der Waals surface area contributed by atoms with Gasteiger partial charge in [0.1, 0.15) is 5.60 Å². The highest BCUT2D eigenvalue weighted by molar-refractivity contribution is 7.10. The van der Waals surface area contributed by atoms with E-state index in [1.54, 1.807) is 13.1 Å². The Morgan fingerprint density at radius 3 is 3.00 bits per heavy atom. The first-order valence-corrected chi connectivity index (χ1v) is 7.41. The number of carbonyl (C=O) groups excluding carboxylic acids is 1. The number of rotatable bonds is 5. The van der Waals surface area contributed by atoms with Crippen molar-refractivity contribution in [1.29, 1.82) is 0 Å². The number of amides is 1. The van der Waals surface area contributed by atoms with Gasteiger partial charge in [0, 0.05) is 17.5 Å². The Morgan fingerprint density at radius 1 is 1.55 bits per heavy atom. The molecule has 114 valence electrons. The van der Waals surface area contributed by atoms with Crippen molar-refractivity contribution in [2.24, 2.45) is 7.05 Å². The topological polar surface area (TPSA) is 93.2 Å². The minimum atomic E-state index is -1.35. The molecule has 3 aromatic rings. The summed E-state index contributed by atoms with van der Waals surface area (Å²) in [5, 5.41) is 23.0. The van der Waals surface area contributed by atoms with Crippen molar-refractivity contribution in [3.63, 3.8) is 0 Å². The second-order valence-corrected chi connectivity index (χ2v) is 5.76. The second-order valence-electron chi connectivity index (χ2n) is 4.81. The van der Waals surface area contributed by atoms with Gasteiger partial charge in [-0.15, -0.1) is 16.4 Å². The highest BCUT2D eigenvalue weighted by Gasteiger charge is 2.34. The van der Waals surface area contributed by atoms with E-state index in [1.165, 1.54) is 34.7 Å². The highest BCUT2D eigenvalue weighted by atomic mass is 32.1. The van der Waals surface area contributed by atoms with Gasteiger partial charge in [0.05, 0.1) is 25.3 Å². The zero-order valence-electron chi connectivity index (χ0n) is 11.8. The summed E-state index contributed by atoms with van der Waals surface area (Å²) in [5.74, 6) is -0.397. The van der Waals surface area contributed by atoms with Crippen LogP contribution in [0.3, 0.4) is 0 Å². The van der Waals surface area contributed by atoms with Crippen LogP contribution in [0.1, 0.15) is 20.9 Å². The Bertz CT molecular complexity index is 715. The van der Waals surface area contributed by atoms with E-state index in [-0.39, 0.29) is 12.2 Å². The van der Waals surface area contributed by atoms with Gasteiger partial charge >= 0.3 is 0 Å². The van der Waals surface area contributed by atoms with Crippen LogP contribution in [0.4, 0.5) is 0 Å². The minimum Gasteiger partial charge on any atom is -0.472 e. The number of nitrogens with one attached hydrogen (secondary N) is 1. The Balaban J connectivity index is 1.81. The van der Waals surface area contributed by atoms with Crippen LogP contribution >= 0.6 is 11.3 Å². The number of hydrogen-bond acceptors (Lipinski definition) is 6. The van der Waals surface area contributed by atoms with E-state index in [1.807, 2.05) is 17.5 Å². The first-order valence-electron chi connectivity index (χ1n) is 6.53. The van der Waals surface area contributed by atoms with Crippen molar-refractivity contribution >= 4 is 17.2 Å². The lowest BCUT2D eigenvalue weighted by Gasteiger charge is -2.26. The lowest BCUT2D eigenvalue weighted by Crippen LogP contribution is -2.41. The fourth-order valence-corrected chi connectivity index (χ4v) is 2.94. The van der Waals surface area contributed by atoms with Gasteiger partial charge in [0.25, 0.3) is 5.91 Å². The van der Waals surface area contributed by atoms with Gasteiger partial charge < -0.3 is 14.8 Å². The van der Waals surface area contributed by atoms with E-state index in [9.17, 15) is 9.90 Å². The van der Waals surface area contributed by atoms with Crippen molar-refractivity contribution in [2.45, 2.75) is 5.60 Å². The van der Waals surface area contributed by atoms with E-state index >= 15 is 0 Å². The second kappa shape index (κ2) is 5.74. The number of aromatic nitrogens is 3. The lowest BCUT2D eigenvalue weighted by atomic mass is 9.94. The largest absolute Gasteiger partial charge is 0.472 e. The van der Waals surface area contributed by atoms with Crippen LogP contribution in [-0.4, -0.2) is 32.6 Å². The Hall–Kier alpha value is -2.45. The molecule has 3 rings (SSSR count). The molecule has 3 heterocycles. The molecule has 1 amide bonds. The minimum absolute atomic E-state index is 0.00243. The van der Waals surface area contributed by atoms with Gasteiger partial charge in [0.15, 0.2) is 5.69 Å². The van der Waals surface area contributed by atoms with E-state index in [0.29, 0.717) is 10.4 Å². The molecular formula is C14H14N4O3S. The summed E-state index contributed by atoms with van der Waals surface area (Å²) in [4.78, 5) is 12.8. The fraction of sp³-hybridized carbons (Fsp3) is 0.214. The number of thiophene rings is 1. The Kier molecular flexibility index (Phi) is 3.78. The molecule has 0 fully saturated rings. The third-order valence-electron chi connectivity index (χ3n) is 3.27. The number of hydrogen-bond donors (Lipinski definition) is 2. The molecule has 2 N–H and O–H groups in total. The summed E-state index contributed by atoms with van der Waals surface area (Å²) in [6.45, 7) is 0.00243. The molecule has 0 aliphatic carbocycles. The normalized spacial score (nSPS) is 13.7. The molecule has 0 aliphatic heterocycles. The van der Waals surface area contributed by atoms with Crippen LogP contribution in [-0.2, 0) is 12.6 Å². The summed E-state index contributed by atoms with van der Waals surface area (Å²) in [6.07, 6.45) is 4.46. The van der Waals surface area contributed by atoms with E-state index in [4.69, 9.17) is 4.42 Å². The van der Waals surface area contributed by atoms with E-state index < -0.39 is 11.5 Å². The van der Waals surface area contributed by atoms with Crippen molar-refractivity contribution in [2.75, 3.05) is 6.54 Å². The molecular weight excluding hydrogens is 304 g/mol. The summed E-state index contributed by atoms with van der Waals surface area (Å²) < 4.78 is 6.50. The first kappa shape index (κ1) is 14.5. The average molecular weight is 318 g/mol. The molecule has 0 radical (unpaired) electrons. The predicted molar refractivity (Wildman–Crippen MR) is 79.4 cm³/mol. The molecule has 3 aromatic heterocycles. The average Bonchev–Trinajstić information content (AvgIpc) is 3.24. The van der Waals surface area contributed by atoms with Gasteiger partial charge in [-0.3, -0.25) is 9.48 Å². The third kappa shape index (κ3) is 2.66. The van der Waals surface area contributed by atoms with Crippen LogP contribution < -0.4 is 5.32 Å². The monoisotopic (exact) mass is 318 g/mol. The standard InChI is InChI=1S/C14H14N4O3S/c1-18-7-11(16-17-18)13(19)15-9-14(20,10-4-5-21-8-10)12-3-2-6-22-12/h2-8,20H,9H2,1H3,(H,15,19). The maximum atomic E-state index is 12.1. The predicted octanol–water partition coefficient (Wildman–Crippen LogP) is 1.14. The molecule has 0 aliphatic rings. The van der Waals surface area contributed by atoms with Crippen molar-refractivity contribution < 1.29 is 14.3 Å². The Morgan fingerprint density at radius 2 is 2.41 bits per heavy atom. The van der Waals surface area contributed by atoms with Crippen molar-refractivity contribution in [3.8, 4) is 0 Å². The summed E-state index contributed by atoms with van der Waals surface area (Å²) in [7, 11) is 1.68. The molecule has 7 nitrogen and oxygen atoms in total. The number of carbonyl (C=O) groups is 1. The quantitative estimate of drug-likeness (QED) is 0.736. The molecule has 0 saturated carbocycles. The van der Waals surface area contributed by atoms with Crippen molar-refractivity contribution in [1.82, 2.24) is 20.3 Å². The van der Waals surface area contributed by atoms with Crippen LogP contribution in [0.15, 0.2) is 46.7 Å². The first-order chi connectivity index (χ1) is 10.6. The van der Waals surface area contributed by atoms with Crippen LogP contribution in [0.2, 0.25) is 0 Å². The number of nitrogens with zero attached hydrogens (tertiary/aromatic N) is 3. The van der Waals surface area contributed by atoms with Gasteiger partial charge in [-0.05, 0) is 17.5 Å². The lowest BCUT2D eigenvalue weighted by molar-refractivity contribution is 0.0711. The summed E-state index contributed by atoms with van der Waals surface area (Å²) >= 11 is 1.40.